The quantitative estimate of drug-likeness (QED) is 0.353. The monoisotopic (exact) mass is 562 g/mol. The van der Waals surface area contributed by atoms with Crippen LogP contribution in [0, 0.1) is 6.92 Å². The Morgan fingerprint density at radius 3 is 2.56 bits per heavy atom. The Bertz CT molecular complexity index is 1420. The lowest BCUT2D eigenvalue weighted by molar-refractivity contribution is -0.127. The van der Waals surface area contributed by atoms with Gasteiger partial charge in [0.25, 0.3) is 11.8 Å². The number of amides is 3. The molecule has 2 N–H and O–H groups in total. The normalized spacial score (nSPS) is 17.3. The lowest BCUT2D eigenvalue weighted by atomic mass is 10.1. The molecule has 0 radical (unpaired) electrons. The number of carbonyl (C=O) groups excluding carboxylic acids is 3. The van der Waals surface area contributed by atoms with Crippen molar-refractivity contribution < 1.29 is 23.2 Å². The molecule has 1 saturated carbocycles. The van der Waals surface area contributed by atoms with E-state index in [1.165, 1.54) is 6.26 Å². The summed E-state index contributed by atoms with van der Waals surface area (Å²) >= 11 is 0. The van der Waals surface area contributed by atoms with Crippen LogP contribution in [0.25, 0.3) is 0 Å². The number of hydrogen-bond donors (Lipinski definition) is 2. The van der Waals surface area contributed by atoms with Crippen molar-refractivity contribution in [3.8, 4) is 0 Å². The van der Waals surface area contributed by atoms with Gasteiger partial charge >= 0.3 is 6.01 Å². The highest BCUT2D eigenvalue weighted by Crippen LogP contribution is 2.39. The predicted octanol–water partition coefficient (Wildman–Crippen LogP) is 2.56. The summed E-state index contributed by atoms with van der Waals surface area (Å²) in [5.74, 6) is 0.942. The second-order valence-corrected chi connectivity index (χ2v) is 10.7. The van der Waals surface area contributed by atoms with E-state index in [0.29, 0.717) is 87.1 Å². The lowest BCUT2D eigenvalue weighted by Crippen LogP contribution is -2.47. The van der Waals surface area contributed by atoms with Gasteiger partial charge in [-0.25, -0.2) is 4.98 Å². The summed E-state index contributed by atoms with van der Waals surface area (Å²) in [7, 11) is 0. The van der Waals surface area contributed by atoms with Crippen molar-refractivity contribution in [2.75, 3.05) is 60.9 Å². The number of aryl methyl sites for hydroxylation is 1. The van der Waals surface area contributed by atoms with Gasteiger partial charge in [-0.3, -0.25) is 14.4 Å². The Kier molecular flexibility index (Phi) is 7.57. The van der Waals surface area contributed by atoms with E-state index >= 15 is 0 Å². The highest BCUT2D eigenvalue weighted by molar-refractivity contribution is 6.06. The van der Waals surface area contributed by atoms with Gasteiger partial charge in [0, 0.05) is 70.6 Å². The predicted molar refractivity (Wildman–Crippen MR) is 149 cm³/mol. The number of piperazine rings is 1. The Hall–Kier alpha value is -4.42. The molecule has 13 heteroatoms. The van der Waals surface area contributed by atoms with Crippen molar-refractivity contribution in [2.45, 2.75) is 44.9 Å². The maximum atomic E-state index is 13.2. The molecule has 41 heavy (non-hydrogen) atoms. The topological polar surface area (TPSA) is 150 Å². The maximum Gasteiger partial charge on any atom is 0.318 e. The summed E-state index contributed by atoms with van der Waals surface area (Å²) in [6.45, 7) is 6.25. The smallest absolute Gasteiger partial charge is 0.318 e. The fourth-order valence-electron chi connectivity index (χ4n) is 5.22. The number of oxazole rings is 1. The van der Waals surface area contributed by atoms with Gasteiger partial charge in [-0.2, -0.15) is 0 Å². The minimum atomic E-state index is -0.394. The van der Waals surface area contributed by atoms with Crippen molar-refractivity contribution in [3.63, 3.8) is 0 Å². The zero-order valence-electron chi connectivity index (χ0n) is 23.1. The Labute approximate surface area is 237 Å². The number of nitrogens with zero attached hydrogens (tertiary/aromatic N) is 6. The van der Waals surface area contributed by atoms with E-state index in [4.69, 9.17) is 8.83 Å². The Balaban J connectivity index is 1.14. The molecular weight excluding hydrogens is 528 g/mol. The number of benzene rings is 1. The molecule has 216 valence electrons. The third-order valence-corrected chi connectivity index (χ3v) is 7.66. The first-order valence-corrected chi connectivity index (χ1v) is 14.2. The van der Waals surface area contributed by atoms with Crippen LogP contribution >= 0.6 is 0 Å². The second-order valence-electron chi connectivity index (χ2n) is 10.7. The van der Waals surface area contributed by atoms with Crippen LogP contribution in [0.1, 0.15) is 70.6 Å². The largest absolute Gasteiger partial charge is 0.448 e. The Morgan fingerprint density at radius 1 is 1.05 bits per heavy atom. The van der Waals surface area contributed by atoms with Crippen LogP contribution in [-0.2, 0) is 4.79 Å². The van der Waals surface area contributed by atoms with Gasteiger partial charge in [0.05, 0.1) is 11.4 Å². The second kappa shape index (κ2) is 11.6. The molecule has 0 unspecified atom stereocenters. The van der Waals surface area contributed by atoms with Crippen molar-refractivity contribution in [1.29, 1.82) is 0 Å². The van der Waals surface area contributed by atoms with Crippen molar-refractivity contribution in [2.24, 2.45) is 0 Å². The number of carbonyl (C=O) groups is 3. The molecule has 1 aliphatic carbocycles. The average molecular weight is 563 g/mol. The van der Waals surface area contributed by atoms with Crippen LogP contribution in [0.4, 0.5) is 17.4 Å². The van der Waals surface area contributed by atoms with Gasteiger partial charge in [-0.05, 0) is 43.9 Å². The van der Waals surface area contributed by atoms with E-state index in [1.807, 2.05) is 15.9 Å². The molecule has 4 heterocycles. The third-order valence-electron chi connectivity index (χ3n) is 7.66. The molecule has 13 nitrogen and oxygen atoms in total. The summed E-state index contributed by atoms with van der Waals surface area (Å²) < 4.78 is 11.1. The number of hydrogen-bond acceptors (Lipinski definition) is 10. The average Bonchev–Trinajstić information content (AvgIpc) is 3.33. The van der Waals surface area contributed by atoms with Crippen LogP contribution in [0.15, 0.2) is 33.3 Å². The fraction of sp³-hybridized carbons (Fsp3) is 0.500. The van der Waals surface area contributed by atoms with Crippen molar-refractivity contribution in [1.82, 2.24) is 25.4 Å². The number of likely N-dealkylation sites (tertiary alicyclic amines) is 1. The fourth-order valence-corrected chi connectivity index (χ4v) is 5.22. The molecule has 2 aliphatic heterocycles. The molecule has 3 amide bonds. The first kappa shape index (κ1) is 26.8. The van der Waals surface area contributed by atoms with E-state index in [0.717, 1.165) is 31.5 Å². The highest BCUT2D eigenvalue weighted by Gasteiger charge is 2.30. The first-order valence-electron chi connectivity index (χ1n) is 14.2. The summed E-state index contributed by atoms with van der Waals surface area (Å²) in [6, 6.07) is 5.81. The van der Waals surface area contributed by atoms with E-state index in [-0.39, 0.29) is 17.5 Å². The van der Waals surface area contributed by atoms with Crippen molar-refractivity contribution in [3.05, 3.63) is 47.5 Å². The zero-order valence-corrected chi connectivity index (χ0v) is 23.1. The molecule has 2 aromatic heterocycles. The van der Waals surface area contributed by atoms with Crippen LogP contribution in [0.5, 0.6) is 0 Å². The zero-order chi connectivity index (χ0) is 28.3. The number of anilines is 3. The molecule has 0 bridgehead atoms. The molecule has 3 aromatic rings. The number of nitrogens with one attached hydrogen (secondary N) is 2. The summed E-state index contributed by atoms with van der Waals surface area (Å²) in [5.41, 5.74) is 1.96. The minimum Gasteiger partial charge on any atom is -0.448 e. The third kappa shape index (κ3) is 6.18. The number of aromatic nitrogens is 3. The van der Waals surface area contributed by atoms with Gasteiger partial charge in [0.2, 0.25) is 11.8 Å². The maximum absolute atomic E-state index is 13.2. The van der Waals surface area contributed by atoms with Crippen LogP contribution in [0.3, 0.4) is 0 Å². The van der Waals surface area contributed by atoms with Gasteiger partial charge in [-0.15, -0.1) is 5.10 Å². The van der Waals surface area contributed by atoms with E-state index < -0.39 is 5.91 Å². The first-order chi connectivity index (χ1) is 19.9. The molecule has 0 spiro atoms. The lowest BCUT2D eigenvalue weighted by Gasteiger charge is -2.36. The van der Waals surface area contributed by atoms with Gasteiger partial charge in [0.15, 0.2) is 11.6 Å². The van der Waals surface area contributed by atoms with Gasteiger partial charge < -0.3 is 34.2 Å². The van der Waals surface area contributed by atoms with Gasteiger partial charge in [0.1, 0.15) is 6.26 Å². The molecule has 2 saturated heterocycles. The van der Waals surface area contributed by atoms with Crippen LogP contribution in [-0.4, -0.2) is 83.6 Å². The van der Waals surface area contributed by atoms with E-state index in [9.17, 15) is 14.4 Å². The van der Waals surface area contributed by atoms with E-state index in [1.54, 1.807) is 19.1 Å². The standard InChI is InChI=1S/C28H34N8O5/c1-18-32-33-28(41-18)36-14-12-34(13-15-36)23-8-7-20(25(38)29-9-3-11-35-10-2-4-24(35)37)16-21(23)30-26(39)22-17-40-27(31-22)19-5-6-19/h7-8,16-17,19H,2-6,9-15H2,1H3,(H,29,38)(H,30,39). The van der Waals surface area contributed by atoms with Crippen molar-refractivity contribution >= 4 is 35.1 Å². The molecule has 3 fully saturated rings. The highest BCUT2D eigenvalue weighted by atomic mass is 16.4. The summed E-state index contributed by atoms with van der Waals surface area (Å²) in [6.07, 6.45) is 5.61. The van der Waals surface area contributed by atoms with Gasteiger partial charge in [-0.1, -0.05) is 5.10 Å². The van der Waals surface area contributed by atoms with E-state index in [2.05, 4.69) is 30.7 Å². The Morgan fingerprint density at radius 2 is 1.85 bits per heavy atom. The summed E-state index contributed by atoms with van der Waals surface area (Å²) in [4.78, 5) is 48.4. The molecule has 6 rings (SSSR count). The molecule has 1 aromatic carbocycles. The molecular formula is C28H34N8O5. The molecule has 0 atom stereocenters. The summed E-state index contributed by atoms with van der Waals surface area (Å²) in [5, 5.41) is 13.9. The SMILES string of the molecule is Cc1nnc(N2CCN(c3ccc(C(=O)NCCCN4CCCC4=O)cc3NC(=O)c3coc(C4CC4)n3)CC2)o1. The minimum absolute atomic E-state index is 0.177. The molecule has 3 aliphatic rings. The van der Waals surface area contributed by atoms with Crippen LogP contribution in [0.2, 0.25) is 0 Å². The van der Waals surface area contributed by atoms with Crippen LogP contribution < -0.4 is 20.4 Å². The number of rotatable bonds is 10.